The van der Waals surface area contributed by atoms with Gasteiger partial charge in [0.05, 0.1) is 18.1 Å². The third-order valence-corrected chi connectivity index (χ3v) is 3.12. The number of ether oxygens (including phenoxy) is 2. The lowest BCUT2D eigenvalue weighted by Crippen LogP contribution is -2.41. The van der Waals surface area contributed by atoms with E-state index in [-0.39, 0.29) is 5.91 Å². The Balaban J connectivity index is 4.16. The van der Waals surface area contributed by atoms with Crippen LogP contribution in [0.3, 0.4) is 0 Å². The summed E-state index contributed by atoms with van der Waals surface area (Å²) in [6.07, 6.45) is 1.45. The smallest absolute Gasteiger partial charge is 0.236 e. The van der Waals surface area contributed by atoms with E-state index in [1.165, 1.54) is 0 Å². The van der Waals surface area contributed by atoms with Crippen molar-refractivity contribution in [1.82, 2.24) is 9.80 Å². The van der Waals surface area contributed by atoms with Gasteiger partial charge in [-0.1, -0.05) is 12.2 Å². The standard InChI is InChI=1S/C13H27N3O3S/c1-15(7-5-12(14)20)13(17)11-16(8-10-19-3)6-4-9-18-2/h4-11H2,1-3H3,(H2,14,20). The van der Waals surface area contributed by atoms with Crippen molar-refractivity contribution in [2.75, 3.05) is 60.7 Å². The monoisotopic (exact) mass is 305 g/mol. The molecule has 0 bridgehead atoms. The highest BCUT2D eigenvalue weighted by atomic mass is 32.1. The molecule has 0 unspecified atom stereocenters. The maximum absolute atomic E-state index is 12.1. The molecule has 0 spiro atoms. The van der Waals surface area contributed by atoms with Gasteiger partial charge in [0, 0.05) is 53.9 Å². The van der Waals surface area contributed by atoms with E-state index in [1.807, 2.05) is 0 Å². The van der Waals surface area contributed by atoms with Crippen molar-refractivity contribution < 1.29 is 14.3 Å². The summed E-state index contributed by atoms with van der Waals surface area (Å²) in [6.45, 7) is 3.78. The molecule has 0 aliphatic heterocycles. The first-order valence-electron chi connectivity index (χ1n) is 6.73. The van der Waals surface area contributed by atoms with Crippen molar-refractivity contribution in [1.29, 1.82) is 0 Å². The SMILES string of the molecule is COCCCN(CCOC)CC(=O)N(C)CCC(N)=S. The molecule has 0 fully saturated rings. The summed E-state index contributed by atoms with van der Waals surface area (Å²) in [4.78, 5) is 16.3. The molecule has 0 saturated carbocycles. The molecule has 6 nitrogen and oxygen atoms in total. The first-order chi connectivity index (χ1) is 9.51. The van der Waals surface area contributed by atoms with Crippen LogP contribution in [0.2, 0.25) is 0 Å². The van der Waals surface area contributed by atoms with Crippen LogP contribution in [0.5, 0.6) is 0 Å². The van der Waals surface area contributed by atoms with Gasteiger partial charge in [-0.3, -0.25) is 9.69 Å². The van der Waals surface area contributed by atoms with E-state index in [0.717, 1.165) is 19.5 Å². The van der Waals surface area contributed by atoms with E-state index in [1.54, 1.807) is 26.2 Å². The number of carbonyl (C=O) groups is 1. The lowest BCUT2D eigenvalue weighted by Gasteiger charge is -2.24. The highest BCUT2D eigenvalue weighted by molar-refractivity contribution is 7.80. The van der Waals surface area contributed by atoms with Crippen LogP contribution in [0.1, 0.15) is 12.8 Å². The summed E-state index contributed by atoms with van der Waals surface area (Å²) in [7, 11) is 5.10. The van der Waals surface area contributed by atoms with E-state index in [4.69, 9.17) is 27.4 Å². The van der Waals surface area contributed by atoms with Gasteiger partial charge in [0.25, 0.3) is 0 Å². The predicted molar refractivity (Wildman–Crippen MR) is 83.8 cm³/mol. The Morgan fingerprint density at radius 1 is 1.15 bits per heavy atom. The van der Waals surface area contributed by atoms with Gasteiger partial charge in [-0.05, 0) is 6.42 Å². The fourth-order valence-electron chi connectivity index (χ4n) is 1.64. The third kappa shape index (κ3) is 10.1. The van der Waals surface area contributed by atoms with Gasteiger partial charge in [0.15, 0.2) is 0 Å². The van der Waals surface area contributed by atoms with E-state index >= 15 is 0 Å². The predicted octanol–water partition coefficient (Wildman–Crippen LogP) is 0.106. The van der Waals surface area contributed by atoms with Crippen LogP contribution in [0.15, 0.2) is 0 Å². The molecule has 0 aliphatic rings. The van der Waals surface area contributed by atoms with Gasteiger partial charge in [-0.15, -0.1) is 0 Å². The Morgan fingerprint density at radius 3 is 2.35 bits per heavy atom. The number of amides is 1. The zero-order chi connectivity index (χ0) is 15.4. The Labute approximate surface area is 127 Å². The molecule has 2 N–H and O–H groups in total. The molecule has 0 heterocycles. The molecular formula is C13H27N3O3S. The van der Waals surface area contributed by atoms with E-state index in [9.17, 15) is 4.79 Å². The van der Waals surface area contributed by atoms with Crippen molar-refractivity contribution in [3.05, 3.63) is 0 Å². The minimum absolute atomic E-state index is 0.0646. The van der Waals surface area contributed by atoms with Gasteiger partial charge in [0.1, 0.15) is 0 Å². The van der Waals surface area contributed by atoms with Crippen LogP contribution in [-0.2, 0) is 14.3 Å². The Morgan fingerprint density at radius 2 is 1.80 bits per heavy atom. The van der Waals surface area contributed by atoms with Crippen molar-refractivity contribution in [2.24, 2.45) is 5.73 Å². The fraction of sp³-hybridized carbons (Fsp3) is 0.846. The zero-order valence-corrected chi connectivity index (χ0v) is 13.6. The average Bonchev–Trinajstić information content (AvgIpc) is 2.41. The highest BCUT2D eigenvalue weighted by Gasteiger charge is 2.14. The highest BCUT2D eigenvalue weighted by Crippen LogP contribution is 1.97. The van der Waals surface area contributed by atoms with Gasteiger partial charge < -0.3 is 20.1 Å². The van der Waals surface area contributed by atoms with Gasteiger partial charge >= 0.3 is 0 Å². The number of likely N-dealkylation sites (N-methyl/N-ethyl adjacent to an activating group) is 1. The number of nitrogens with two attached hydrogens (primary N) is 1. The van der Waals surface area contributed by atoms with E-state index < -0.39 is 0 Å². The molecule has 118 valence electrons. The van der Waals surface area contributed by atoms with Gasteiger partial charge in [0.2, 0.25) is 5.91 Å². The summed E-state index contributed by atoms with van der Waals surface area (Å²) in [5.41, 5.74) is 5.44. The van der Waals surface area contributed by atoms with Crippen molar-refractivity contribution in [3.8, 4) is 0 Å². The van der Waals surface area contributed by atoms with Gasteiger partial charge in [-0.2, -0.15) is 0 Å². The molecule has 0 aromatic heterocycles. The molecule has 0 aliphatic carbocycles. The molecule has 0 saturated heterocycles. The molecule has 0 aromatic carbocycles. The molecule has 0 radical (unpaired) electrons. The lowest BCUT2D eigenvalue weighted by atomic mass is 10.3. The summed E-state index contributed by atoms with van der Waals surface area (Å²) in [5.74, 6) is 0.0646. The molecule has 7 heteroatoms. The second kappa shape index (κ2) is 12.0. The second-order valence-corrected chi connectivity index (χ2v) is 5.17. The van der Waals surface area contributed by atoms with Crippen LogP contribution >= 0.6 is 12.2 Å². The van der Waals surface area contributed by atoms with Crippen molar-refractivity contribution in [3.63, 3.8) is 0 Å². The first kappa shape index (κ1) is 19.2. The Kier molecular flexibility index (Phi) is 11.6. The summed E-state index contributed by atoms with van der Waals surface area (Å²) < 4.78 is 10.1. The van der Waals surface area contributed by atoms with Crippen molar-refractivity contribution >= 4 is 23.1 Å². The number of methoxy groups -OCH3 is 2. The van der Waals surface area contributed by atoms with Crippen molar-refractivity contribution in [2.45, 2.75) is 12.8 Å². The number of carbonyl (C=O) groups excluding carboxylic acids is 1. The largest absolute Gasteiger partial charge is 0.393 e. The molecule has 20 heavy (non-hydrogen) atoms. The summed E-state index contributed by atoms with van der Waals surface area (Å²) in [5, 5.41) is 0. The lowest BCUT2D eigenvalue weighted by molar-refractivity contribution is -0.131. The Hall–Kier alpha value is -0.760. The second-order valence-electron chi connectivity index (χ2n) is 4.65. The molecule has 0 atom stereocenters. The first-order valence-corrected chi connectivity index (χ1v) is 7.14. The zero-order valence-electron chi connectivity index (χ0n) is 12.8. The van der Waals surface area contributed by atoms with Crippen LogP contribution in [0, 0.1) is 0 Å². The number of nitrogens with zero attached hydrogens (tertiary/aromatic N) is 2. The topological polar surface area (TPSA) is 68.0 Å². The number of rotatable bonds is 12. The number of hydrogen-bond acceptors (Lipinski definition) is 5. The van der Waals surface area contributed by atoms with Crippen LogP contribution in [-0.4, -0.2) is 81.4 Å². The number of hydrogen-bond donors (Lipinski definition) is 1. The quantitative estimate of drug-likeness (QED) is 0.408. The summed E-state index contributed by atoms with van der Waals surface area (Å²) >= 11 is 4.82. The van der Waals surface area contributed by atoms with Gasteiger partial charge in [-0.25, -0.2) is 0 Å². The maximum atomic E-state index is 12.1. The fourth-order valence-corrected chi connectivity index (χ4v) is 1.73. The molecule has 0 rings (SSSR count). The van der Waals surface area contributed by atoms with E-state index in [2.05, 4.69) is 4.90 Å². The average molecular weight is 305 g/mol. The normalized spacial score (nSPS) is 10.8. The minimum Gasteiger partial charge on any atom is -0.393 e. The third-order valence-electron chi connectivity index (χ3n) is 2.91. The molecular weight excluding hydrogens is 278 g/mol. The Bertz CT molecular complexity index is 290. The van der Waals surface area contributed by atoms with Crippen LogP contribution < -0.4 is 5.73 Å². The van der Waals surface area contributed by atoms with E-state index in [0.29, 0.717) is 37.7 Å². The minimum atomic E-state index is 0.0646. The number of thiocarbonyl (C=S) groups is 1. The molecule has 0 aromatic rings. The maximum Gasteiger partial charge on any atom is 0.236 e. The van der Waals surface area contributed by atoms with Crippen LogP contribution in [0.25, 0.3) is 0 Å². The van der Waals surface area contributed by atoms with Crippen LogP contribution in [0.4, 0.5) is 0 Å². The molecule has 1 amide bonds. The summed E-state index contributed by atoms with van der Waals surface area (Å²) in [6, 6.07) is 0.